The molecule has 0 spiro atoms. The van der Waals surface area contributed by atoms with E-state index in [0.717, 1.165) is 12.5 Å². The fourth-order valence-corrected chi connectivity index (χ4v) is 3.45. The summed E-state index contributed by atoms with van der Waals surface area (Å²) in [5.41, 5.74) is 6.41. The average molecular weight is 225 g/mol. The molecule has 3 atom stereocenters. The molecule has 3 nitrogen and oxygen atoms in total. The zero-order valence-corrected chi connectivity index (χ0v) is 11.1. The van der Waals surface area contributed by atoms with Crippen LogP contribution >= 0.6 is 0 Å². The first-order valence-electron chi connectivity index (χ1n) is 6.73. The van der Waals surface area contributed by atoms with Gasteiger partial charge in [0.1, 0.15) is 0 Å². The van der Waals surface area contributed by atoms with E-state index < -0.39 is 0 Å². The van der Waals surface area contributed by atoms with Crippen molar-refractivity contribution in [2.45, 2.75) is 44.7 Å². The van der Waals surface area contributed by atoms with E-state index >= 15 is 0 Å². The molecule has 1 saturated carbocycles. The summed E-state index contributed by atoms with van der Waals surface area (Å²) in [4.78, 5) is 5.14. The molecule has 2 fully saturated rings. The van der Waals surface area contributed by atoms with Crippen LogP contribution in [0.4, 0.5) is 0 Å². The number of likely N-dealkylation sites (N-methyl/N-ethyl adjacent to an activating group) is 1. The summed E-state index contributed by atoms with van der Waals surface area (Å²) in [6.07, 6.45) is 3.97. The molecule has 0 amide bonds. The molecule has 1 aliphatic carbocycles. The zero-order chi connectivity index (χ0) is 11.8. The summed E-state index contributed by atoms with van der Waals surface area (Å²) in [5, 5.41) is 0. The Bertz CT molecular complexity index is 243. The number of rotatable bonds is 2. The lowest BCUT2D eigenvalue weighted by Gasteiger charge is -2.47. The summed E-state index contributed by atoms with van der Waals surface area (Å²) < 4.78 is 0. The van der Waals surface area contributed by atoms with Gasteiger partial charge in [-0.3, -0.25) is 4.90 Å². The Kier molecular flexibility index (Phi) is 3.57. The molecule has 0 aromatic heterocycles. The van der Waals surface area contributed by atoms with Gasteiger partial charge < -0.3 is 10.6 Å². The van der Waals surface area contributed by atoms with Gasteiger partial charge in [-0.25, -0.2) is 0 Å². The van der Waals surface area contributed by atoms with Crippen LogP contribution in [0.15, 0.2) is 0 Å². The van der Waals surface area contributed by atoms with E-state index in [1.54, 1.807) is 0 Å². The smallest absolute Gasteiger partial charge is 0.0335 e. The Morgan fingerprint density at radius 1 is 1.31 bits per heavy atom. The maximum absolute atomic E-state index is 6.09. The van der Waals surface area contributed by atoms with Gasteiger partial charge >= 0.3 is 0 Å². The lowest BCUT2D eigenvalue weighted by Crippen LogP contribution is -2.61. The molecule has 1 saturated heterocycles. The van der Waals surface area contributed by atoms with E-state index in [4.69, 9.17) is 5.73 Å². The lowest BCUT2D eigenvalue weighted by molar-refractivity contribution is 0.0196. The molecule has 3 heteroatoms. The second-order valence-electron chi connectivity index (χ2n) is 6.05. The van der Waals surface area contributed by atoms with Crippen LogP contribution in [-0.4, -0.2) is 54.6 Å². The highest BCUT2D eigenvalue weighted by Gasteiger charge is 2.42. The highest BCUT2D eigenvalue weighted by atomic mass is 15.3. The fourth-order valence-electron chi connectivity index (χ4n) is 3.45. The predicted molar refractivity (Wildman–Crippen MR) is 68.5 cm³/mol. The molecular formula is C13H27N3. The molecule has 0 bridgehead atoms. The van der Waals surface area contributed by atoms with Crippen LogP contribution in [0.25, 0.3) is 0 Å². The summed E-state index contributed by atoms with van der Waals surface area (Å²) in [7, 11) is 2.23. The monoisotopic (exact) mass is 225 g/mol. The standard InChI is InChI=1S/C13H27N3/c1-11-4-5-13(8-11,10-14)16-7-6-15(3)12(2)9-16/h11-12H,4-10,14H2,1-3H3. The van der Waals surface area contributed by atoms with E-state index in [2.05, 4.69) is 30.7 Å². The minimum absolute atomic E-state index is 0.328. The van der Waals surface area contributed by atoms with Crippen molar-refractivity contribution in [3.63, 3.8) is 0 Å². The normalized spacial score (nSPS) is 42.8. The summed E-state index contributed by atoms with van der Waals surface area (Å²) >= 11 is 0. The van der Waals surface area contributed by atoms with Gasteiger partial charge in [0.05, 0.1) is 0 Å². The van der Waals surface area contributed by atoms with Gasteiger partial charge in [0.15, 0.2) is 0 Å². The highest BCUT2D eigenvalue weighted by Crippen LogP contribution is 2.39. The first kappa shape index (κ1) is 12.3. The molecule has 0 radical (unpaired) electrons. The van der Waals surface area contributed by atoms with Crippen LogP contribution in [0.2, 0.25) is 0 Å². The number of hydrogen-bond acceptors (Lipinski definition) is 3. The van der Waals surface area contributed by atoms with Crippen molar-refractivity contribution in [3.8, 4) is 0 Å². The van der Waals surface area contributed by atoms with E-state index in [0.29, 0.717) is 11.6 Å². The molecule has 2 rings (SSSR count). The molecule has 2 N–H and O–H groups in total. The first-order valence-corrected chi connectivity index (χ1v) is 6.73. The van der Waals surface area contributed by atoms with E-state index in [-0.39, 0.29) is 0 Å². The molecule has 1 heterocycles. The van der Waals surface area contributed by atoms with Crippen molar-refractivity contribution in [1.82, 2.24) is 9.80 Å². The highest BCUT2D eigenvalue weighted by molar-refractivity contribution is 5.00. The van der Waals surface area contributed by atoms with Crippen molar-refractivity contribution in [1.29, 1.82) is 0 Å². The average Bonchev–Trinajstić information content (AvgIpc) is 2.65. The van der Waals surface area contributed by atoms with Crippen LogP contribution in [0, 0.1) is 5.92 Å². The number of nitrogens with two attached hydrogens (primary N) is 1. The van der Waals surface area contributed by atoms with Gasteiger partial charge in [-0.2, -0.15) is 0 Å². The Labute approximate surface area is 100.0 Å². The summed E-state index contributed by atoms with van der Waals surface area (Å²) in [6, 6.07) is 0.674. The Morgan fingerprint density at radius 3 is 2.56 bits per heavy atom. The molecule has 1 aliphatic heterocycles. The third-order valence-electron chi connectivity index (χ3n) is 4.84. The fraction of sp³-hybridized carbons (Fsp3) is 1.00. The van der Waals surface area contributed by atoms with Gasteiger partial charge in [-0.15, -0.1) is 0 Å². The Morgan fingerprint density at radius 2 is 2.06 bits per heavy atom. The lowest BCUT2D eigenvalue weighted by atomic mass is 9.92. The molecule has 3 unspecified atom stereocenters. The quantitative estimate of drug-likeness (QED) is 0.765. The first-order chi connectivity index (χ1) is 7.57. The second-order valence-corrected chi connectivity index (χ2v) is 6.05. The maximum atomic E-state index is 6.09. The minimum Gasteiger partial charge on any atom is -0.329 e. The van der Waals surface area contributed by atoms with Crippen molar-refractivity contribution in [2.24, 2.45) is 11.7 Å². The van der Waals surface area contributed by atoms with Crippen LogP contribution < -0.4 is 5.73 Å². The van der Waals surface area contributed by atoms with Gasteiger partial charge in [0.25, 0.3) is 0 Å². The van der Waals surface area contributed by atoms with Crippen LogP contribution in [0.5, 0.6) is 0 Å². The van der Waals surface area contributed by atoms with Crippen LogP contribution in [0.1, 0.15) is 33.1 Å². The molecule has 0 aromatic carbocycles. The summed E-state index contributed by atoms with van der Waals surface area (Å²) in [6.45, 7) is 9.13. The largest absolute Gasteiger partial charge is 0.329 e. The van der Waals surface area contributed by atoms with Crippen molar-refractivity contribution < 1.29 is 0 Å². The van der Waals surface area contributed by atoms with E-state index in [9.17, 15) is 0 Å². The predicted octanol–water partition coefficient (Wildman–Crippen LogP) is 1.14. The molecule has 2 aliphatic rings. The molecular weight excluding hydrogens is 198 g/mol. The molecule has 94 valence electrons. The van der Waals surface area contributed by atoms with Gasteiger partial charge in [0.2, 0.25) is 0 Å². The molecule has 16 heavy (non-hydrogen) atoms. The summed E-state index contributed by atoms with van der Waals surface area (Å²) in [5.74, 6) is 0.860. The topological polar surface area (TPSA) is 32.5 Å². The third-order valence-corrected chi connectivity index (χ3v) is 4.84. The number of piperazine rings is 1. The van der Waals surface area contributed by atoms with E-state index in [1.165, 1.54) is 38.9 Å². The van der Waals surface area contributed by atoms with Crippen molar-refractivity contribution >= 4 is 0 Å². The van der Waals surface area contributed by atoms with E-state index in [1.807, 2.05) is 0 Å². The molecule has 0 aromatic rings. The van der Waals surface area contributed by atoms with Crippen LogP contribution in [0.3, 0.4) is 0 Å². The van der Waals surface area contributed by atoms with Crippen molar-refractivity contribution in [3.05, 3.63) is 0 Å². The van der Waals surface area contributed by atoms with Crippen molar-refractivity contribution in [2.75, 3.05) is 33.2 Å². The Hall–Kier alpha value is -0.120. The van der Waals surface area contributed by atoms with Crippen LogP contribution in [-0.2, 0) is 0 Å². The maximum Gasteiger partial charge on any atom is 0.0335 e. The van der Waals surface area contributed by atoms with Gasteiger partial charge in [-0.05, 0) is 39.2 Å². The zero-order valence-electron chi connectivity index (χ0n) is 11.1. The SMILES string of the molecule is CC1CCC(CN)(N2CCN(C)C(C)C2)C1. The van der Waals surface area contributed by atoms with Gasteiger partial charge in [-0.1, -0.05) is 6.92 Å². The number of hydrogen-bond donors (Lipinski definition) is 1. The van der Waals surface area contributed by atoms with Gasteiger partial charge in [0, 0.05) is 37.8 Å². The second kappa shape index (κ2) is 4.63. The Balaban J connectivity index is 2.05. The third kappa shape index (κ3) is 2.13. The number of nitrogens with zero attached hydrogens (tertiary/aromatic N) is 2. The minimum atomic E-state index is 0.328.